The standard InChI is InChI=1S/C21H32N4O3/c1-21(2,3)24-20(28)16-9-7-15(8-10-16)19(27)23-11-5-13-25-12-4-6-17(14-25)18(22)26/h7-10,17H,4-6,11-14H2,1-3H3,(H2,22,26)(H,23,27)(H,24,28). The minimum absolute atomic E-state index is 0.0580. The van der Waals surface area contributed by atoms with Crippen molar-refractivity contribution in [3.8, 4) is 0 Å². The van der Waals surface area contributed by atoms with Gasteiger partial charge in [0.25, 0.3) is 11.8 Å². The summed E-state index contributed by atoms with van der Waals surface area (Å²) in [7, 11) is 0. The largest absolute Gasteiger partial charge is 0.369 e. The normalized spacial score (nSPS) is 17.8. The van der Waals surface area contributed by atoms with Crippen molar-refractivity contribution in [3.63, 3.8) is 0 Å². The van der Waals surface area contributed by atoms with E-state index >= 15 is 0 Å². The van der Waals surface area contributed by atoms with Crippen molar-refractivity contribution in [3.05, 3.63) is 35.4 Å². The predicted molar refractivity (Wildman–Crippen MR) is 109 cm³/mol. The molecule has 0 spiro atoms. The van der Waals surface area contributed by atoms with Gasteiger partial charge in [-0.2, -0.15) is 0 Å². The number of nitrogens with zero attached hydrogens (tertiary/aromatic N) is 1. The van der Waals surface area contributed by atoms with Crippen LogP contribution < -0.4 is 16.4 Å². The van der Waals surface area contributed by atoms with E-state index in [1.807, 2.05) is 20.8 Å². The number of hydrogen-bond acceptors (Lipinski definition) is 4. The Morgan fingerprint density at radius 2 is 1.71 bits per heavy atom. The van der Waals surface area contributed by atoms with Gasteiger partial charge in [-0.1, -0.05) is 0 Å². The van der Waals surface area contributed by atoms with Gasteiger partial charge in [0.15, 0.2) is 0 Å². The van der Waals surface area contributed by atoms with Crippen LogP contribution in [-0.4, -0.2) is 54.3 Å². The van der Waals surface area contributed by atoms with E-state index in [1.165, 1.54) is 0 Å². The summed E-state index contributed by atoms with van der Waals surface area (Å²) in [6.07, 6.45) is 2.66. The van der Waals surface area contributed by atoms with Crippen LogP contribution >= 0.6 is 0 Å². The molecule has 2 rings (SSSR count). The number of nitrogens with one attached hydrogen (secondary N) is 2. The molecule has 1 aromatic rings. The third-order valence-electron chi connectivity index (χ3n) is 4.74. The van der Waals surface area contributed by atoms with Gasteiger partial charge in [0.2, 0.25) is 5.91 Å². The van der Waals surface area contributed by atoms with Crippen LogP contribution in [0.1, 0.15) is 60.7 Å². The molecule has 1 saturated heterocycles. The minimum atomic E-state index is -0.307. The van der Waals surface area contributed by atoms with Crippen molar-refractivity contribution in [2.45, 2.75) is 45.6 Å². The summed E-state index contributed by atoms with van der Waals surface area (Å²) >= 11 is 0. The summed E-state index contributed by atoms with van der Waals surface area (Å²) < 4.78 is 0. The van der Waals surface area contributed by atoms with E-state index < -0.39 is 0 Å². The number of amides is 3. The van der Waals surface area contributed by atoms with Gasteiger partial charge in [-0.05, 0) is 77.4 Å². The molecule has 0 saturated carbocycles. The summed E-state index contributed by atoms with van der Waals surface area (Å²) in [6.45, 7) is 8.83. The molecule has 4 N–H and O–H groups in total. The highest BCUT2D eigenvalue weighted by Crippen LogP contribution is 2.16. The molecule has 1 atom stereocenters. The van der Waals surface area contributed by atoms with Gasteiger partial charge in [-0.15, -0.1) is 0 Å². The predicted octanol–water partition coefficient (Wildman–Crippen LogP) is 1.53. The van der Waals surface area contributed by atoms with Crippen molar-refractivity contribution >= 4 is 17.7 Å². The first-order valence-electron chi connectivity index (χ1n) is 9.88. The van der Waals surface area contributed by atoms with Crippen molar-refractivity contribution in [2.24, 2.45) is 11.7 Å². The molecule has 0 bridgehead atoms. The molecule has 1 aliphatic heterocycles. The second-order valence-electron chi connectivity index (χ2n) is 8.43. The lowest BCUT2D eigenvalue weighted by Crippen LogP contribution is -2.42. The lowest BCUT2D eigenvalue weighted by molar-refractivity contribution is -0.123. The third-order valence-corrected chi connectivity index (χ3v) is 4.74. The molecular formula is C21H32N4O3. The summed E-state index contributed by atoms with van der Waals surface area (Å²) in [5.41, 5.74) is 6.15. The number of benzene rings is 1. The quantitative estimate of drug-likeness (QED) is 0.616. The summed E-state index contributed by atoms with van der Waals surface area (Å²) in [5.74, 6) is -0.596. The van der Waals surface area contributed by atoms with E-state index in [0.29, 0.717) is 24.2 Å². The first-order chi connectivity index (χ1) is 13.2. The van der Waals surface area contributed by atoms with Crippen LogP contribution in [0.15, 0.2) is 24.3 Å². The molecule has 0 aromatic heterocycles. The Morgan fingerprint density at radius 3 is 2.29 bits per heavy atom. The zero-order valence-corrected chi connectivity index (χ0v) is 17.1. The Bertz CT molecular complexity index is 695. The minimum Gasteiger partial charge on any atom is -0.369 e. The number of nitrogens with two attached hydrogens (primary N) is 1. The maximum Gasteiger partial charge on any atom is 0.251 e. The van der Waals surface area contributed by atoms with Crippen LogP contribution in [0.3, 0.4) is 0 Å². The maximum absolute atomic E-state index is 12.3. The van der Waals surface area contributed by atoms with Gasteiger partial charge in [0, 0.05) is 29.8 Å². The fraction of sp³-hybridized carbons (Fsp3) is 0.571. The first-order valence-corrected chi connectivity index (χ1v) is 9.88. The highest BCUT2D eigenvalue weighted by Gasteiger charge is 2.23. The van der Waals surface area contributed by atoms with Crippen molar-refractivity contribution in [2.75, 3.05) is 26.2 Å². The molecule has 1 heterocycles. The Hall–Kier alpha value is -2.41. The third kappa shape index (κ3) is 6.96. The number of likely N-dealkylation sites (tertiary alicyclic amines) is 1. The van der Waals surface area contributed by atoms with E-state index in [9.17, 15) is 14.4 Å². The van der Waals surface area contributed by atoms with Crippen molar-refractivity contribution in [1.82, 2.24) is 15.5 Å². The molecule has 7 nitrogen and oxygen atoms in total. The van der Waals surface area contributed by atoms with Gasteiger partial charge in [0.1, 0.15) is 0 Å². The van der Waals surface area contributed by atoms with Crippen LogP contribution in [0.25, 0.3) is 0 Å². The highest BCUT2D eigenvalue weighted by molar-refractivity contribution is 5.98. The van der Waals surface area contributed by atoms with E-state index in [0.717, 1.165) is 32.4 Å². The first kappa shape index (κ1) is 21.9. The van der Waals surface area contributed by atoms with Gasteiger partial charge in [-0.25, -0.2) is 0 Å². The Morgan fingerprint density at radius 1 is 1.11 bits per heavy atom. The van der Waals surface area contributed by atoms with E-state index in [2.05, 4.69) is 15.5 Å². The van der Waals surface area contributed by atoms with Gasteiger partial charge in [0.05, 0.1) is 5.92 Å². The molecule has 0 radical (unpaired) electrons. The van der Waals surface area contributed by atoms with Crippen molar-refractivity contribution in [1.29, 1.82) is 0 Å². The highest BCUT2D eigenvalue weighted by atomic mass is 16.2. The van der Waals surface area contributed by atoms with Crippen LogP contribution in [0.5, 0.6) is 0 Å². The number of piperidine rings is 1. The molecule has 28 heavy (non-hydrogen) atoms. The summed E-state index contributed by atoms with van der Waals surface area (Å²) in [4.78, 5) is 37.9. The fourth-order valence-corrected chi connectivity index (χ4v) is 3.28. The van der Waals surface area contributed by atoms with E-state index in [4.69, 9.17) is 5.73 Å². The number of rotatable bonds is 7. The van der Waals surface area contributed by atoms with Gasteiger partial charge < -0.3 is 21.3 Å². The molecule has 3 amide bonds. The number of primary amides is 1. The van der Waals surface area contributed by atoms with Crippen LogP contribution in [-0.2, 0) is 4.79 Å². The zero-order valence-electron chi connectivity index (χ0n) is 17.1. The Kier molecular flexibility index (Phi) is 7.57. The SMILES string of the molecule is CC(C)(C)NC(=O)c1ccc(C(=O)NCCCN2CCCC(C(N)=O)C2)cc1. The molecule has 1 fully saturated rings. The molecule has 154 valence electrons. The maximum atomic E-state index is 12.3. The lowest BCUT2D eigenvalue weighted by Gasteiger charge is -2.31. The topological polar surface area (TPSA) is 105 Å². The number of hydrogen-bond donors (Lipinski definition) is 3. The van der Waals surface area contributed by atoms with Gasteiger partial charge in [-0.3, -0.25) is 14.4 Å². The molecular weight excluding hydrogens is 356 g/mol. The fourth-order valence-electron chi connectivity index (χ4n) is 3.28. The summed E-state index contributed by atoms with van der Waals surface area (Å²) in [5, 5.41) is 5.80. The lowest BCUT2D eigenvalue weighted by atomic mass is 9.97. The molecule has 7 heteroatoms. The molecule has 0 aliphatic carbocycles. The van der Waals surface area contributed by atoms with Crippen molar-refractivity contribution < 1.29 is 14.4 Å². The van der Waals surface area contributed by atoms with E-state index in [1.54, 1.807) is 24.3 Å². The van der Waals surface area contributed by atoms with Crippen LogP contribution in [0.2, 0.25) is 0 Å². The van der Waals surface area contributed by atoms with Crippen LogP contribution in [0.4, 0.5) is 0 Å². The monoisotopic (exact) mass is 388 g/mol. The number of carbonyl (C=O) groups is 3. The zero-order chi connectivity index (χ0) is 20.7. The second-order valence-corrected chi connectivity index (χ2v) is 8.43. The number of carbonyl (C=O) groups excluding carboxylic acids is 3. The second kappa shape index (κ2) is 9.68. The summed E-state index contributed by atoms with van der Waals surface area (Å²) in [6, 6.07) is 6.64. The van der Waals surface area contributed by atoms with E-state index in [-0.39, 0.29) is 29.2 Å². The average molecular weight is 389 g/mol. The van der Waals surface area contributed by atoms with Gasteiger partial charge >= 0.3 is 0 Å². The molecule has 1 aliphatic rings. The van der Waals surface area contributed by atoms with Crippen LogP contribution in [0, 0.1) is 5.92 Å². The molecule has 1 unspecified atom stereocenters. The Balaban J connectivity index is 1.74. The molecule has 1 aromatic carbocycles. The average Bonchev–Trinajstić information content (AvgIpc) is 2.64. The Labute approximate surface area is 167 Å². The smallest absolute Gasteiger partial charge is 0.251 e.